The van der Waals surface area contributed by atoms with Crippen LogP contribution in [0.25, 0.3) is 0 Å². The first-order valence-electron chi connectivity index (χ1n) is 7.71. The van der Waals surface area contributed by atoms with Crippen LogP contribution >= 0.6 is 0 Å². The Morgan fingerprint density at radius 2 is 1.43 bits per heavy atom. The van der Waals surface area contributed by atoms with Crippen LogP contribution in [0.2, 0.25) is 0 Å². The van der Waals surface area contributed by atoms with Gasteiger partial charge in [-0.15, -0.1) is 0 Å². The summed E-state index contributed by atoms with van der Waals surface area (Å²) in [6.45, 7) is 2.86. The third-order valence-electron chi connectivity index (χ3n) is 3.70. The Morgan fingerprint density at radius 1 is 0.857 bits per heavy atom. The van der Waals surface area contributed by atoms with Crippen molar-refractivity contribution in [3.8, 4) is 0 Å². The highest BCUT2D eigenvalue weighted by Gasteiger charge is 2.12. The van der Waals surface area contributed by atoms with E-state index >= 15 is 0 Å². The van der Waals surface area contributed by atoms with Crippen LogP contribution in [0.5, 0.6) is 0 Å². The molecule has 0 aliphatic rings. The van der Waals surface area contributed by atoms with E-state index in [1.807, 2.05) is 0 Å². The van der Waals surface area contributed by atoms with Crippen molar-refractivity contribution in [1.29, 1.82) is 0 Å². The molecule has 0 aliphatic carbocycles. The standard InChI is InChI=1S/C19H25NO/c1-21-15-9-8-14-20-16-19(17-10-4-2-5-11-17)18-12-6-3-7-13-18/h2-7,10-13,19-20H,8-9,14-16H2,1H3. The second-order valence-corrected chi connectivity index (χ2v) is 5.28. The molecule has 0 aromatic heterocycles. The van der Waals surface area contributed by atoms with E-state index in [9.17, 15) is 0 Å². The minimum absolute atomic E-state index is 0.412. The first kappa shape index (κ1) is 15.7. The normalized spacial score (nSPS) is 11.0. The fraction of sp³-hybridized carbons (Fsp3) is 0.368. The molecule has 0 fully saturated rings. The summed E-state index contributed by atoms with van der Waals surface area (Å²) < 4.78 is 5.08. The molecule has 0 amide bonds. The molecule has 112 valence electrons. The molecular weight excluding hydrogens is 258 g/mol. The van der Waals surface area contributed by atoms with Crippen LogP contribution in [0.3, 0.4) is 0 Å². The van der Waals surface area contributed by atoms with Crippen molar-refractivity contribution in [1.82, 2.24) is 5.32 Å². The third-order valence-corrected chi connectivity index (χ3v) is 3.70. The maximum absolute atomic E-state index is 5.08. The molecule has 2 nitrogen and oxygen atoms in total. The molecular formula is C19H25NO. The first-order chi connectivity index (χ1) is 10.4. The summed E-state index contributed by atoms with van der Waals surface area (Å²) in [6.07, 6.45) is 2.27. The van der Waals surface area contributed by atoms with Crippen LogP contribution in [0.1, 0.15) is 29.9 Å². The molecule has 0 saturated carbocycles. The number of hydrogen-bond donors (Lipinski definition) is 1. The molecule has 0 saturated heterocycles. The SMILES string of the molecule is COCCCCNCC(c1ccccc1)c1ccccc1. The maximum atomic E-state index is 5.08. The molecule has 2 rings (SSSR count). The van der Waals surface area contributed by atoms with Gasteiger partial charge in [-0.2, -0.15) is 0 Å². The van der Waals surface area contributed by atoms with Gasteiger partial charge in [-0.25, -0.2) is 0 Å². The number of ether oxygens (including phenoxy) is 1. The van der Waals surface area contributed by atoms with Crippen LogP contribution in [-0.2, 0) is 4.74 Å². The van der Waals surface area contributed by atoms with Crippen molar-refractivity contribution < 1.29 is 4.74 Å². The zero-order chi connectivity index (χ0) is 14.8. The zero-order valence-corrected chi connectivity index (χ0v) is 12.8. The second-order valence-electron chi connectivity index (χ2n) is 5.28. The van der Waals surface area contributed by atoms with E-state index in [4.69, 9.17) is 4.74 Å². The van der Waals surface area contributed by atoms with Gasteiger partial charge in [0.25, 0.3) is 0 Å². The largest absolute Gasteiger partial charge is 0.385 e. The lowest BCUT2D eigenvalue weighted by Crippen LogP contribution is -2.23. The summed E-state index contributed by atoms with van der Waals surface area (Å²) >= 11 is 0. The fourth-order valence-corrected chi connectivity index (χ4v) is 2.54. The Balaban J connectivity index is 1.94. The van der Waals surface area contributed by atoms with Crippen LogP contribution in [-0.4, -0.2) is 26.8 Å². The van der Waals surface area contributed by atoms with Gasteiger partial charge in [0.05, 0.1) is 0 Å². The zero-order valence-electron chi connectivity index (χ0n) is 12.8. The Morgan fingerprint density at radius 3 is 1.95 bits per heavy atom. The average Bonchev–Trinajstić information content (AvgIpc) is 2.56. The minimum atomic E-state index is 0.412. The Hall–Kier alpha value is -1.64. The minimum Gasteiger partial charge on any atom is -0.385 e. The average molecular weight is 283 g/mol. The number of hydrogen-bond acceptors (Lipinski definition) is 2. The van der Waals surface area contributed by atoms with Gasteiger partial charge >= 0.3 is 0 Å². The van der Waals surface area contributed by atoms with E-state index in [0.29, 0.717) is 5.92 Å². The molecule has 0 heterocycles. The molecule has 2 aromatic carbocycles. The van der Waals surface area contributed by atoms with Gasteiger partial charge in [0.2, 0.25) is 0 Å². The quantitative estimate of drug-likeness (QED) is 0.706. The molecule has 0 aliphatic heterocycles. The van der Waals surface area contributed by atoms with E-state index in [0.717, 1.165) is 32.5 Å². The lowest BCUT2D eigenvalue weighted by molar-refractivity contribution is 0.192. The van der Waals surface area contributed by atoms with Gasteiger partial charge in [0.1, 0.15) is 0 Å². The predicted octanol–water partition coefficient (Wildman–Crippen LogP) is 3.83. The molecule has 2 heteroatoms. The predicted molar refractivity (Wildman–Crippen MR) is 88.7 cm³/mol. The summed E-state index contributed by atoms with van der Waals surface area (Å²) in [6, 6.07) is 21.5. The van der Waals surface area contributed by atoms with Gasteiger partial charge in [-0.05, 0) is 30.5 Å². The topological polar surface area (TPSA) is 21.3 Å². The molecule has 0 unspecified atom stereocenters. The van der Waals surface area contributed by atoms with Crippen molar-refractivity contribution in [2.75, 3.05) is 26.8 Å². The summed E-state index contributed by atoms with van der Waals surface area (Å²) in [5, 5.41) is 3.59. The number of benzene rings is 2. The molecule has 2 aromatic rings. The van der Waals surface area contributed by atoms with Crippen LogP contribution in [0, 0.1) is 0 Å². The number of methoxy groups -OCH3 is 1. The summed E-state index contributed by atoms with van der Waals surface area (Å²) in [7, 11) is 1.76. The highest BCUT2D eigenvalue weighted by molar-refractivity contribution is 5.32. The van der Waals surface area contributed by atoms with Gasteiger partial charge in [-0.1, -0.05) is 60.7 Å². The maximum Gasteiger partial charge on any atom is 0.0462 e. The molecule has 0 radical (unpaired) electrons. The molecule has 0 bridgehead atoms. The van der Waals surface area contributed by atoms with Crippen molar-refractivity contribution in [3.63, 3.8) is 0 Å². The Bertz CT molecular complexity index is 444. The van der Waals surface area contributed by atoms with Crippen molar-refractivity contribution in [3.05, 3.63) is 71.8 Å². The lowest BCUT2D eigenvalue weighted by atomic mass is 9.91. The molecule has 0 atom stereocenters. The van der Waals surface area contributed by atoms with E-state index in [1.54, 1.807) is 7.11 Å². The van der Waals surface area contributed by atoms with Crippen molar-refractivity contribution in [2.24, 2.45) is 0 Å². The number of rotatable bonds is 9. The van der Waals surface area contributed by atoms with Gasteiger partial charge in [-0.3, -0.25) is 0 Å². The lowest BCUT2D eigenvalue weighted by Gasteiger charge is -2.19. The Kier molecular flexibility index (Phi) is 6.99. The summed E-state index contributed by atoms with van der Waals surface area (Å²) in [5.41, 5.74) is 2.74. The molecule has 1 N–H and O–H groups in total. The number of unbranched alkanes of at least 4 members (excludes halogenated alkanes) is 1. The third kappa shape index (κ3) is 5.33. The van der Waals surface area contributed by atoms with Gasteiger partial charge in [0, 0.05) is 26.2 Å². The van der Waals surface area contributed by atoms with E-state index in [-0.39, 0.29) is 0 Å². The smallest absolute Gasteiger partial charge is 0.0462 e. The Labute approximate surface area is 128 Å². The number of nitrogens with one attached hydrogen (secondary N) is 1. The summed E-state index contributed by atoms with van der Waals surface area (Å²) in [5.74, 6) is 0.412. The highest BCUT2D eigenvalue weighted by atomic mass is 16.5. The molecule has 21 heavy (non-hydrogen) atoms. The van der Waals surface area contributed by atoms with Crippen molar-refractivity contribution in [2.45, 2.75) is 18.8 Å². The van der Waals surface area contributed by atoms with Crippen LogP contribution in [0.4, 0.5) is 0 Å². The van der Waals surface area contributed by atoms with Crippen LogP contribution in [0.15, 0.2) is 60.7 Å². The molecule has 0 spiro atoms. The van der Waals surface area contributed by atoms with Crippen LogP contribution < -0.4 is 5.32 Å². The monoisotopic (exact) mass is 283 g/mol. The second kappa shape index (κ2) is 9.32. The van der Waals surface area contributed by atoms with E-state index in [1.165, 1.54) is 11.1 Å². The fourth-order valence-electron chi connectivity index (χ4n) is 2.54. The highest BCUT2D eigenvalue weighted by Crippen LogP contribution is 2.23. The van der Waals surface area contributed by atoms with Crippen molar-refractivity contribution >= 4 is 0 Å². The summed E-state index contributed by atoms with van der Waals surface area (Å²) in [4.78, 5) is 0. The van der Waals surface area contributed by atoms with E-state index in [2.05, 4.69) is 66.0 Å². The first-order valence-corrected chi connectivity index (χ1v) is 7.71. The van der Waals surface area contributed by atoms with E-state index < -0.39 is 0 Å². The van der Waals surface area contributed by atoms with Gasteiger partial charge < -0.3 is 10.1 Å². The van der Waals surface area contributed by atoms with Gasteiger partial charge in [0.15, 0.2) is 0 Å².